The molecule has 0 fully saturated rings. The third-order valence-corrected chi connectivity index (χ3v) is 2.56. The Morgan fingerprint density at radius 1 is 1.40 bits per heavy atom. The van der Waals surface area contributed by atoms with Crippen molar-refractivity contribution in [2.45, 2.75) is 19.9 Å². The first kappa shape index (κ1) is 15.9. The second-order valence-electron chi connectivity index (χ2n) is 3.63. The van der Waals surface area contributed by atoms with E-state index in [4.69, 9.17) is 15.2 Å². The van der Waals surface area contributed by atoms with E-state index in [1.54, 1.807) is 0 Å². The van der Waals surface area contributed by atoms with Gasteiger partial charge in [-0.25, -0.2) is 13.8 Å². The molecule has 20 heavy (non-hydrogen) atoms. The van der Waals surface area contributed by atoms with Crippen LogP contribution in [0.3, 0.4) is 0 Å². The SMILES string of the molecule is CC.CO/C(=C\N)C1COC(c2c(F)cccc2F)=N1. The van der Waals surface area contributed by atoms with Crippen molar-refractivity contribution in [1.82, 2.24) is 0 Å². The number of nitrogens with two attached hydrogens (primary N) is 1. The molecule has 0 bridgehead atoms. The maximum absolute atomic E-state index is 13.5. The highest BCUT2D eigenvalue weighted by atomic mass is 19.1. The van der Waals surface area contributed by atoms with Gasteiger partial charge in [-0.1, -0.05) is 19.9 Å². The minimum absolute atomic E-state index is 0.0769. The summed E-state index contributed by atoms with van der Waals surface area (Å²) in [5, 5.41) is 0. The Bertz CT molecular complexity index is 496. The molecule has 1 unspecified atom stereocenters. The molecule has 0 radical (unpaired) electrons. The third kappa shape index (κ3) is 3.26. The molecule has 2 rings (SSSR count). The summed E-state index contributed by atoms with van der Waals surface area (Å²) in [7, 11) is 1.44. The number of aliphatic imine (C=N–C) groups is 1. The van der Waals surface area contributed by atoms with Gasteiger partial charge in [0.15, 0.2) is 0 Å². The van der Waals surface area contributed by atoms with Gasteiger partial charge in [0.05, 0.1) is 7.11 Å². The van der Waals surface area contributed by atoms with Gasteiger partial charge in [0, 0.05) is 6.20 Å². The van der Waals surface area contributed by atoms with Crippen molar-refractivity contribution in [2.75, 3.05) is 13.7 Å². The van der Waals surface area contributed by atoms with Gasteiger partial charge in [-0.2, -0.15) is 0 Å². The Morgan fingerprint density at radius 3 is 2.50 bits per heavy atom. The van der Waals surface area contributed by atoms with E-state index in [2.05, 4.69) is 4.99 Å². The topological polar surface area (TPSA) is 56.8 Å². The average Bonchev–Trinajstić information content (AvgIpc) is 2.92. The third-order valence-electron chi connectivity index (χ3n) is 2.56. The van der Waals surface area contributed by atoms with Crippen LogP contribution in [0.15, 0.2) is 35.2 Å². The minimum Gasteiger partial charge on any atom is -0.497 e. The van der Waals surface area contributed by atoms with Gasteiger partial charge in [0.25, 0.3) is 0 Å². The predicted octanol–water partition coefficient (Wildman–Crippen LogP) is 2.58. The normalized spacial score (nSPS) is 17.8. The van der Waals surface area contributed by atoms with Crippen LogP contribution in [-0.4, -0.2) is 25.7 Å². The highest BCUT2D eigenvalue weighted by Gasteiger charge is 2.27. The molecule has 0 spiro atoms. The van der Waals surface area contributed by atoms with E-state index in [9.17, 15) is 8.78 Å². The molecule has 4 nitrogen and oxygen atoms in total. The largest absolute Gasteiger partial charge is 0.497 e. The molecule has 1 aliphatic rings. The number of nitrogens with zero attached hydrogens (tertiary/aromatic N) is 1. The monoisotopic (exact) mass is 284 g/mol. The quantitative estimate of drug-likeness (QED) is 0.868. The van der Waals surface area contributed by atoms with E-state index < -0.39 is 17.7 Å². The smallest absolute Gasteiger partial charge is 0.223 e. The van der Waals surface area contributed by atoms with Gasteiger partial charge in [0.1, 0.15) is 35.6 Å². The minimum atomic E-state index is -0.718. The van der Waals surface area contributed by atoms with Gasteiger partial charge >= 0.3 is 0 Å². The van der Waals surface area contributed by atoms with Crippen molar-refractivity contribution in [3.05, 3.63) is 47.4 Å². The molecule has 1 atom stereocenters. The first-order chi connectivity index (χ1) is 9.67. The van der Waals surface area contributed by atoms with Crippen molar-refractivity contribution in [3.8, 4) is 0 Å². The first-order valence-corrected chi connectivity index (χ1v) is 6.28. The standard InChI is InChI=1S/C12H12F2N2O2.C2H6/c1-17-10(5-15)9-6-18-12(16-9)11-7(13)3-2-4-8(11)14;1-2/h2-5,9H,6,15H2,1H3;1-2H3/b10-5-;. The molecular weight excluding hydrogens is 266 g/mol. The predicted molar refractivity (Wildman–Crippen MR) is 73.3 cm³/mol. The van der Waals surface area contributed by atoms with Crippen LogP contribution < -0.4 is 5.73 Å². The lowest BCUT2D eigenvalue weighted by Gasteiger charge is -2.07. The number of ether oxygens (including phenoxy) is 2. The highest BCUT2D eigenvalue weighted by Crippen LogP contribution is 2.21. The molecule has 110 valence electrons. The van der Waals surface area contributed by atoms with Crippen molar-refractivity contribution in [2.24, 2.45) is 10.7 Å². The molecule has 6 heteroatoms. The summed E-state index contributed by atoms with van der Waals surface area (Å²) in [5.41, 5.74) is 5.08. The maximum atomic E-state index is 13.5. The van der Waals surface area contributed by atoms with E-state index in [1.807, 2.05) is 13.8 Å². The number of benzene rings is 1. The average molecular weight is 284 g/mol. The molecule has 0 saturated carbocycles. The molecular formula is C14H18F2N2O2. The van der Waals surface area contributed by atoms with E-state index in [0.717, 1.165) is 12.1 Å². The lowest BCUT2D eigenvalue weighted by atomic mass is 10.2. The summed E-state index contributed by atoms with van der Waals surface area (Å²) in [5.74, 6) is -1.12. The van der Waals surface area contributed by atoms with Gasteiger partial charge in [-0.3, -0.25) is 0 Å². The molecule has 2 N–H and O–H groups in total. The van der Waals surface area contributed by atoms with Crippen LogP contribution in [0.1, 0.15) is 19.4 Å². The van der Waals surface area contributed by atoms with Crippen LogP contribution in [0.5, 0.6) is 0 Å². The Morgan fingerprint density at radius 2 is 2.00 bits per heavy atom. The number of rotatable bonds is 3. The Labute approximate surface area is 116 Å². The van der Waals surface area contributed by atoms with Crippen LogP contribution in [0.25, 0.3) is 0 Å². The lowest BCUT2D eigenvalue weighted by Crippen LogP contribution is -2.13. The number of halogens is 2. The maximum Gasteiger partial charge on any atom is 0.223 e. The summed E-state index contributed by atoms with van der Waals surface area (Å²) in [6, 6.07) is 3.09. The first-order valence-electron chi connectivity index (χ1n) is 6.28. The summed E-state index contributed by atoms with van der Waals surface area (Å²) in [6.07, 6.45) is 1.25. The summed E-state index contributed by atoms with van der Waals surface area (Å²) in [4.78, 5) is 4.06. The van der Waals surface area contributed by atoms with E-state index in [-0.39, 0.29) is 18.1 Å². The second kappa shape index (κ2) is 7.47. The Balaban J connectivity index is 0.000000956. The van der Waals surface area contributed by atoms with Gasteiger partial charge in [-0.15, -0.1) is 0 Å². The van der Waals surface area contributed by atoms with Crippen LogP contribution in [0.2, 0.25) is 0 Å². The van der Waals surface area contributed by atoms with Crippen LogP contribution >= 0.6 is 0 Å². The second-order valence-corrected chi connectivity index (χ2v) is 3.63. The summed E-state index contributed by atoms with van der Waals surface area (Å²) < 4.78 is 37.2. The zero-order valence-corrected chi connectivity index (χ0v) is 11.7. The molecule has 0 aliphatic carbocycles. The van der Waals surface area contributed by atoms with E-state index >= 15 is 0 Å². The van der Waals surface area contributed by atoms with Crippen molar-refractivity contribution in [3.63, 3.8) is 0 Å². The van der Waals surface area contributed by atoms with Gasteiger partial charge in [0.2, 0.25) is 5.90 Å². The molecule has 1 aliphatic heterocycles. The zero-order chi connectivity index (χ0) is 15.1. The Hall–Kier alpha value is -2.11. The van der Waals surface area contributed by atoms with Crippen LogP contribution in [-0.2, 0) is 9.47 Å². The van der Waals surface area contributed by atoms with Crippen molar-refractivity contribution in [1.29, 1.82) is 0 Å². The van der Waals surface area contributed by atoms with Gasteiger partial charge in [-0.05, 0) is 12.1 Å². The fourth-order valence-electron chi connectivity index (χ4n) is 1.67. The fourth-order valence-corrected chi connectivity index (χ4v) is 1.67. The molecule has 0 amide bonds. The zero-order valence-electron chi connectivity index (χ0n) is 11.7. The lowest BCUT2D eigenvalue weighted by molar-refractivity contribution is 0.237. The molecule has 1 heterocycles. The summed E-state index contributed by atoms with van der Waals surface area (Å²) >= 11 is 0. The molecule has 1 aromatic carbocycles. The summed E-state index contributed by atoms with van der Waals surface area (Å²) in [6.45, 7) is 4.14. The molecule has 0 aromatic heterocycles. The van der Waals surface area contributed by atoms with Crippen LogP contribution in [0.4, 0.5) is 8.78 Å². The highest BCUT2D eigenvalue weighted by molar-refractivity contribution is 5.95. The number of hydrogen-bond donors (Lipinski definition) is 1. The van der Waals surface area contributed by atoms with Crippen LogP contribution in [0, 0.1) is 11.6 Å². The number of hydrogen-bond acceptors (Lipinski definition) is 4. The molecule has 1 aromatic rings. The fraction of sp³-hybridized carbons (Fsp3) is 0.357. The number of methoxy groups -OCH3 is 1. The van der Waals surface area contributed by atoms with Crippen molar-refractivity contribution >= 4 is 5.90 Å². The molecule has 0 saturated heterocycles. The van der Waals surface area contributed by atoms with Gasteiger partial charge < -0.3 is 15.2 Å². The van der Waals surface area contributed by atoms with E-state index in [0.29, 0.717) is 5.76 Å². The van der Waals surface area contributed by atoms with E-state index in [1.165, 1.54) is 19.4 Å². The Kier molecular flexibility index (Phi) is 5.96. The van der Waals surface area contributed by atoms with Crippen molar-refractivity contribution < 1.29 is 18.3 Å².